The number of ether oxygens (including phenoxy) is 1. The predicted molar refractivity (Wildman–Crippen MR) is 105 cm³/mol. The fraction of sp³-hybridized carbons (Fsp3) is 0.455. The van der Waals surface area contributed by atoms with E-state index in [4.69, 9.17) is 16.3 Å². The van der Waals surface area contributed by atoms with Crippen molar-refractivity contribution >= 4 is 11.6 Å². The molecule has 27 heavy (non-hydrogen) atoms. The molecule has 2 rings (SSSR count). The minimum Gasteiger partial charge on any atom is -0.490 e. The number of hydrogen-bond acceptors (Lipinski definition) is 1. The second kappa shape index (κ2) is 10.6. The van der Waals surface area contributed by atoms with Crippen LogP contribution < -0.4 is 4.74 Å². The van der Waals surface area contributed by atoms with E-state index in [-0.39, 0.29) is 21.9 Å². The van der Waals surface area contributed by atoms with E-state index in [1.807, 2.05) is 6.92 Å². The zero-order valence-corrected chi connectivity index (χ0v) is 16.6. The third kappa shape index (κ3) is 5.41. The van der Waals surface area contributed by atoms with Crippen LogP contribution in [0, 0.1) is 17.5 Å². The second-order valence-corrected chi connectivity index (χ2v) is 7.03. The van der Waals surface area contributed by atoms with Crippen LogP contribution in [0.5, 0.6) is 5.75 Å². The molecule has 0 fully saturated rings. The van der Waals surface area contributed by atoms with E-state index in [1.54, 1.807) is 12.1 Å². The summed E-state index contributed by atoms with van der Waals surface area (Å²) in [6.45, 7) is 4.44. The maximum absolute atomic E-state index is 14.6. The molecule has 0 N–H and O–H groups in total. The van der Waals surface area contributed by atoms with Crippen molar-refractivity contribution in [2.75, 3.05) is 6.61 Å². The summed E-state index contributed by atoms with van der Waals surface area (Å²) >= 11 is 6.11. The second-order valence-electron chi connectivity index (χ2n) is 6.65. The zero-order chi connectivity index (χ0) is 19.8. The van der Waals surface area contributed by atoms with Gasteiger partial charge >= 0.3 is 0 Å². The average molecular weight is 399 g/mol. The van der Waals surface area contributed by atoms with Crippen molar-refractivity contribution in [1.82, 2.24) is 0 Å². The minimum atomic E-state index is -1.08. The summed E-state index contributed by atoms with van der Waals surface area (Å²) in [6, 6.07) is 5.88. The van der Waals surface area contributed by atoms with Crippen molar-refractivity contribution in [1.29, 1.82) is 0 Å². The third-order valence-corrected chi connectivity index (χ3v) is 4.92. The lowest BCUT2D eigenvalue weighted by Gasteiger charge is -2.13. The number of rotatable bonds is 10. The van der Waals surface area contributed by atoms with Crippen molar-refractivity contribution in [2.45, 2.75) is 58.8 Å². The highest BCUT2D eigenvalue weighted by molar-refractivity contribution is 6.33. The molecule has 2 aromatic rings. The third-order valence-electron chi connectivity index (χ3n) is 4.55. The zero-order valence-electron chi connectivity index (χ0n) is 15.9. The van der Waals surface area contributed by atoms with E-state index < -0.39 is 17.5 Å². The van der Waals surface area contributed by atoms with E-state index in [0.29, 0.717) is 18.6 Å². The Bertz CT molecular complexity index is 762. The van der Waals surface area contributed by atoms with Crippen LogP contribution in [0.15, 0.2) is 24.3 Å². The lowest BCUT2D eigenvalue weighted by atomic mass is 10.00. The highest BCUT2D eigenvalue weighted by atomic mass is 35.5. The van der Waals surface area contributed by atoms with Gasteiger partial charge in [-0.25, -0.2) is 8.78 Å². The number of benzene rings is 2. The molecule has 0 aliphatic rings. The van der Waals surface area contributed by atoms with Gasteiger partial charge in [-0.3, -0.25) is 0 Å². The SMILES string of the molecule is CCCCCCOc1ccc(-c2ccc(CCCC)c(F)c2Cl)c(F)c1F. The summed E-state index contributed by atoms with van der Waals surface area (Å²) in [5.41, 5.74) is 0.551. The smallest absolute Gasteiger partial charge is 0.201 e. The van der Waals surface area contributed by atoms with Gasteiger partial charge in [0.25, 0.3) is 0 Å². The molecule has 148 valence electrons. The first-order chi connectivity index (χ1) is 13.0. The molecule has 2 aromatic carbocycles. The molecule has 0 unspecified atom stereocenters. The predicted octanol–water partition coefficient (Wildman–Crippen LogP) is 7.73. The Morgan fingerprint density at radius 3 is 2.19 bits per heavy atom. The van der Waals surface area contributed by atoms with E-state index >= 15 is 0 Å². The Kier molecular flexibility index (Phi) is 8.49. The molecule has 5 heteroatoms. The van der Waals surface area contributed by atoms with Crippen molar-refractivity contribution < 1.29 is 17.9 Å². The van der Waals surface area contributed by atoms with Crippen molar-refractivity contribution in [3.05, 3.63) is 52.3 Å². The fourth-order valence-corrected chi connectivity index (χ4v) is 3.21. The van der Waals surface area contributed by atoms with Gasteiger partial charge in [0.2, 0.25) is 5.82 Å². The summed E-state index contributed by atoms with van der Waals surface area (Å²) < 4.78 is 48.7. The topological polar surface area (TPSA) is 9.23 Å². The van der Waals surface area contributed by atoms with Crippen LogP contribution in [0.3, 0.4) is 0 Å². The van der Waals surface area contributed by atoms with Crippen LogP contribution in [-0.2, 0) is 6.42 Å². The van der Waals surface area contributed by atoms with E-state index in [1.165, 1.54) is 12.1 Å². The van der Waals surface area contributed by atoms with Crippen LogP contribution >= 0.6 is 11.6 Å². The number of unbranched alkanes of at least 4 members (excludes halogenated alkanes) is 4. The quantitative estimate of drug-likeness (QED) is 0.372. The first kappa shape index (κ1) is 21.6. The summed E-state index contributed by atoms with van der Waals surface area (Å²) in [6.07, 6.45) is 6.26. The summed E-state index contributed by atoms with van der Waals surface area (Å²) in [4.78, 5) is 0. The van der Waals surface area contributed by atoms with E-state index in [0.717, 1.165) is 38.5 Å². The van der Waals surface area contributed by atoms with Gasteiger partial charge < -0.3 is 4.74 Å². The Morgan fingerprint density at radius 1 is 0.778 bits per heavy atom. The minimum absolute atomic E-state index is 0.0724. The van der Waals surface area contributed by atoms with Crippen LogP contribution in [0.25, 0.3) is 11.1 Å². The van der Waals surface area contributed by atoms with Gasteiger partial charge in [-0.2, -0.15) is 4.39 Å². The molecular weight excluding hydrogens is 373 g/mol. The van der Waals surface area contributed by atoms with Crippen LogP contribution in [-0.4, -0.2) is 6.61 Å². The number of hydrogen-bond donors (Lipinski definition) is 0. The van der Waals surface area contributed by atoms with Gasteiger partial charge in [0.1, 0.15) is 5.82 Å². The monoisotopic (exact) mass is 398 g/mol. The molecule has 0 aromatic heterocycles. The number of halogens is 4. The molecule has 0 aliphatic heterocycles. The summed E-state index contributed by atoms with van der Waals surface area (Å²) in [7, 11) is 0. The Hall–Kier alpha value is -1.68. The van der Waals surface area contributed by atoms with Crippen molar-refractivity contribution in [3.8, 4) is 16.9 Å². The van der Waals surface area contributed by atoms with Gasteiger partial charge in [-0.15, -0.1) is 0 Å². The molecule has 0 radical (unpaired) electrons. The van der Waals surface area contributed by atoms with Crippen LogP contribution in [0.2, 0.25) is 5.02 Å². The van der Waals surface area contributed by atoms with Gasteiger partial charge in [0.05, 0.1) is 11.6 Å². The molecule has 0 aliphatic carbocycles. The molecular formula is C22H26ClF3O. The maximum atomic E-state index is 14.6. The largest absolute Gasteiger partial charge is 0.490 e. The first-order valence-electron chi connectivity index (χ1n) is 9.59. The highest BCUT2D eigenvalue weighted by Crippen LogP contribution is 2.36. The molecule has 0 amide bonds. The Morgan fingerprint density at radius 2 is 1.48 bits per heavy atom. The van der Waals surface area contributed by atoms with Gasteiger partial charge in [0.15, 0.2) is 11.6 Å². The van der Waals surface area contributed by atoms with Gasteiger partial charge in [-0.1, -0.05) is 63.3 Å². The van der Waals surface area contributed by atoms with E-state index in [2.05, 4.69) is 6.92 Å². The van der Waals surface area contributed by atoms with Crippen molar-refractivity contribution in [2.24, 2.45) is 0 Å². The van der Waals surface area contributed by atoms with Crippen molar-refractivity contribution in [3.63, 3.8) is 0 Å². The molecule has 0 saturated carbocycles. The highest BCUT2D eigenvalue weighted by Gasteiger charge is 2.20. The molecule has 0 spiro atoms. The van der Waals surface area contributed by atoms with Crippen LogP contribution in [0.4, 0.5) is 13.2 Å². The lowest BCUT2D eigenvalue weighted by molar-refractivity contribution is 0.285. The molecule has 0 atom stereocenters. The summed E-state index contributed by atoms with van der Waals surface area (Å²) in [5.74, 6) is -2.86. The Labute approximate surface area is 164 Å². The first-order valence-corrected chi connectivity index (χ1v) is 9.97. The fourth-order valence-electron chi connectivity index (χ4n) is 2.92. The molecule has 0 heterocycles. The normalized spacial score (nSPS) is 11.0. The standard InChI is InChI=1S/C22H26ClF3O/c1-3-5-7-8-14-27-18-13-12-17(21(25)22(18)26)16-11-10-15(9-6-4-2)20(24)19(16)23/h10-13H,3-9,14H2,1-2H3. The van der Waals surface area contributed by atoms with E-state index in [9.17, 15) is 13.2 Å². The lowest BCUT2D eigenvalue weighted by Crippen LogP contribution is -2.02. The summed E-state index contributed by atoms with van der Waals surface area (Å²) in [5, 5.41) is -0.185. The molecule has 0 bridgehead atoms. The molecule has 0 saturated heterocycles. The van der Waals surface area contributed by atoms with Gasteiger partial charge in [-0.05, 0) is 37.0 Å². The van der Waals surface area contributed by atoms with Gasteiger partial charge in [0, 0.05) is 11.1 Å². The Balaban J connectivity index is 2.22. The molecule has 1 nitrogen and oxygen atoms in total. The van der Waals surface area contributed by atoms with Crippen LogP contribution in [0.1, 0.15) is 57.9 Å². The maximum Gasteiger partial charge on any atom is 0.201 e. The number of aryl methyl sites for hydroxylation is 1. The average Bonchev–Trinajstić information content (AvgIpc) is 2.67.